The number of carbonyl (C=O) groups is 1. The molecule has 2 heterocycles. The molecular formula is C18H18N2O2S2. The van der Waals surface area contributed by atoms with Crippen LogP contribution in [0.1, 0.15) is 15.4 Å². The lowest BCUT2D eigenvalue weighted by Crippen LogP contribution is -2.30. The molecule has 1 aromatic carbocycles. The number of thiophene rings is 1. The molecule has 0 aliphatic carbocycles. The lowest BCUT2D eigenvalue weighted by molar-refractivity contribution is 0.0777. The maximum atomic E-state index is 12.6. The summed E-state index contributed by atoms with van der Waals surface area (Å²) < 4.78 is 5.65. The normalized spacial score (nSPS) is 10.6. The van der Waals surface area contributed by atoms with Crippen molar-refractivity contribution in [2.24, 2.45) is 0 Å². The highest BCUT2D eigenvalue weighted by Crippen LogP contribution is 2.31. The molecule has 0 fully saturated rings. The van der Waals surface area contributed by atoms with Gasteiger partial charge < -0.3 is 9.64 Å². The monoisotopic (exact) mass is 358 g/mol. The molecule has 0 saturated carbocycles. The van der Waals surface area contributed by atoms with Crippen molar-refractivity contribution in [2.75, 3.05) is 20.2 Å². The van der Waals surface area contributed by atoms with E-state index in [1.807, 2.05) is 54.8 Å². The van der Waals surface area contributed by atoms with Gasteiger partial charge >= 0.3 is 0 Å². The summed E-state index contributed by atoms with van der Waals surface area (Å²) >= 11 is 3.08. The van der Waals surface area contributed by atoms with Crippen molar-refractivity contribution in [1.29, 1.82) is 0 Å². The minimum Gasteiger partial charge on any atom is -0.492 e. The van der Waals surface area contributed by atoms with Gasteiger partial charge in [-0.25, -0.2) is 4.98 Å². The number of hydrogen-bond donors (Lipinski definition) is 0. The van der Waals surface area contributed by atoms with Crippen LogP contribution in [0.5, 0.6) is 5.75 Å². The number of amides is 1. The molecule has 0 atom stereocenters. The molecule has 24 heavy (non-hydrogen) atoms. The summed E-state index contributed by atoms with van der Waals surface area (Å²) in [6.45, 7) is 2.87. The number of aryl methyl sites for hydroxylation is 1. The molecule has 0 radical (unpaired) electrons. The maximum Gasteiger partial charge on any atom is 0.265 e. The molecule has 4 nitrogen and oxygen atoms in total. The Labute approximate surface area is 149 Å². The van der Waals surface area contributed by atoms with E-state index in [-0.39, 0.29) is 5.91 Å². The van der Waals surface area contributed by atoms with Gasteiger partial charge in [-0.05, 0) is 30.5 Å². The molecule has 6 heteroatoms. The quantitative estimate of drug-likeness (QED) is 0.659. The summed E-state index contributed by atoms with van der Waals surface area (Å²) in [5, 5.41) is 2.92. The molecule has 124 valence electrons. The molecule has 0 aliphatic rings. The van der Waals surface area contributed by atoms with Crippen LogP contribution in [0.3, 0.4) is 0 Å². The Morgan fingerprint density at radius 2 is 2.00 bits per heavy atom. The lowest BCUT2D eigenvalue weighted by atomic mass is 10.3. The van der Waals surface area contributed by atoms with Crippen molar-refractivity contribution in [3.63, 3.8) is 0 Å². The minimum absolute atomic E-state index is 0.00975. The number of ether oxygens (including phenoxy) is 1. The van der Waals surface area contributed by atoms with Crippen LogP contribution in [-0.4, -0.2) is 36.0 Å². The first-order valence-electron chi connectivity index (χ1n) is 7.60. The maximum absolute atomic E-state index is 12.6. The first kappa shape index (κ1) is 16.7. The van der Waals surface area contributed by atoms with Gasteiger partial charge in [0.15, 0.2) is 0 Å². The number of carbonyl (C=O) groups excluding carboxylic acids is 1. The van der Waals surface area contributed by atoms with Crippen LogP contribution in [0.4, 0.5) is 0 Å². The molecule has 0 aliphatic heterocycles. The Hall–Kier alpha value is -2.18. The number of benzene rings is 1. The third-order valence-corrected chi connectivity index (χ3v) is 5.69. The van der Waals surface area contributed by atoms with E-state index in [1.165, 1.54) is 11.3 Å². The highest BCUT2D eigenvalue weighted by Gasteiger charge is 2.19. The number of nitrogens with zero attached hydrogens (tertiary/aromatic N) is 2. The van der Waals surface area contributed by atoms with Crippen molar-refractivity contribution in [3.05, 3.63) is 58.4 Å². The molecule has 0 N–H and O–H groups in total. The van der Waals surface area contributed by atoms with Crippen LogP contribution in [-0.2, 0) is 0 Å². The van der Waals surface area contributed by atoms with Gasteiger partial charge in [-0.3, -0.25) is 4.79 Å². The van der Waals surface area contributed by atoms with Crippen molar-refractivity contribution < 1.29 is 9.53 Å². The van der Waals surface area contributed by atoms with Gasteiger partial charge in [-0.15, -0.1) is 22.7 Å². The standard InChI is InChI=1S/C18H18N2O2S2/c1-13-16(24-17(19-13)15-9-6-12-23-15)18(21)20(2)10-11-22-14-7-4-3-5-8-14/h3-9,12H,10-11H2,1-2H3. The van der Waals surface area contributed by atoms with E-state index in [9.17, 15) is 4.79 Å². The predicted octanol–water partition coefficient (Wildman–Crippen LogP) is 4.33. The fourth-order valence-corrected chi connectivity index (χ4v) is 4.05. The van der Waals surface area contributed by atoms with Gasteiger partial charge in [0.25, 0.3) is 5.91 Å². The summed E-state index contributed by atoms with van der Waals surface area (Å²) in [6, 6.07) is 13.6. The third-order valence-electron chi connectivity index (χ3n) is 3.51. The second kappa shape index (κ2) is 7.59. The SMILES string of the molecule is Cc1nc(-c2cccs2)sc1C(=O)N(C)CCOc1ccccc1. The molecule has 1 amide bonds. The molecule has 0 bridgehead atoms. The molecule has 0 unspecified atom stereocenters. The van der Waals surface area contributed by atoms with Crippen LogP contribution in [0.15, 0.2) is 47.8 Å². The van der Waals surface area contributed by atoms with Gasteiger partial charge in [0.1, 0.15) is 22.2 Å². The zero-order valence-electron chi connectivity index (χ0n) is 13.6. The number of thiazole rings is 1. The third kappa shape index (κ3) is 3.83. The zero-order chi connectivity index (χ0) is 16.9. The van der Waals surface area contributed by atoms with Crippen LogP contribution in [0, 0.1) is 6.92 Å². The van der Waals surface area contributed by atoms with E-state index < -0.39 is 0 Å². The number of likely N-dealkylation sites (N-methyl/N-ethyl adjacent to an activating group) is 1. The van der Waals surface area contributed by atoms with Crippen molar-refractivity contribution in [3.8, 4) is 15.6 Å². The molecule has 3 rings (SSSR count). The predicted molar refractivity (Wildman–Crippen MR) is 99.1 cm³/mol. The topological polar surface area (TPSA) is 42.4 Å². The second-order valence-corrected chi connectivity index (χ2v) is 7.25. The fourth-order valence-electron chi connectivity index (χ4n) is 2.19. The fraction of sp³-hybridized carbons (Fsp3) is 0.222. The van der Waals surface area contributed by atoms with E-state index in [0.29, 0.717) is 18.0 Å². The van der Waals surface area contributed by atoms with Gasteiger partial charge in [-0.2, -0.15) is 0 Å². The van der Waals surface area contributed by atoms with Crippen molar-refractivity contribution >= 4 is 28.6 Å². The van der Waals surface area contributed by atoms with Crippen molar-refractivity contribution in [1.82, 2.24) is 9.88 Å². The Bertz CT molecular complexity index is 798. The van der Waals surface area contributed by atoms with Crippen LogP contribution >= 0.6 is 22.7 Å². The smallest absolute Gasteiger partial charge is 0.265 e. The summed E-state index contributed by atoms with van der Waals surface area (Å²) in [7, 11) is 1.79. The summed E-state index contributed by atoms with van der Waals surface area (Å²) in [5.74, 6) is 0.803. The number of rotatable bonds is 6. The summed E-state index contributed by atoms with van der Waals surface area (Å²) in [5.41, 5.74) is 0.782. The van der Waals surface area contributed by atoms with E-state index >= 15 is 0 Å². The number of para-hydroxylation sites is 1. The Balaban J connectivity index is 1.61. The van der Waals surface area contributed by atoms with E-state index in [2.05, 4.69) is 4.98 Å². The van der Waals surface area contributed by atoms with Gasteiger partial charge in [0.2, 0.25) is 0 Å². The van der Waals surface area contributed by atoms with E-state index in [0.717, 1.165) is 21.3 Å². The summed E-state index contributed by atoms with van der Waals surface area (Å²) in [4.78, 5) is 20.6. The average Bonchev–Trinajstić information content (AvgIpc) is 3.24. The van der Waals surface area contributed by atoms with Crippen LogP contribution in [0.2, 0.25) is 0 Å². The number of hydrogen-bond acceptors (Lipinski definition) is 5. The Morgan fingerprint density at radius 1 is 1.21 bits per heavy atom. The Kier molecular flexibility index (Phi) is 5.27. The lowest BCUT2D eigenvalue weighted by Gasteiger charge is -2.16. The van der Waals surface area contributed by atoms with Crippen LogP contribution < -0.4 is 4.74 Å². The first-order chi connectivity index (χ1) is 11.6. The largest absolute Gasteiger partial charge is 0.492 e. The van der Waals surface area contributed by atoms with Gasteiger partial charge in [-0.1, -0.05) is 24.3 Å². The first-order valence-corrected chi connectivity index (χ1v) is 9.29. The van der Waals surface area contributed by atoms with E-state index in [4.69, 9.17) is 4.74 Å². The second-order valence-electron chi connectivity index (χ2n) is 5.30. The van der Waals surface area contributed by atoms with Crippen LogP contribution in [0.25, 0.3) is 9.88 Å². The van der Waals surface area contributed by atoms with E-state index in [1.54, 1.807) is 23.3 Å². The zero-order valence-corrected chi connectivity index (χ0v) is 15.2. The highest BCUT2D eigenvalue weighted by atomic mass is 32.1. The molecule has 2 aromatic heterocycles. The Morgan fingerprint density at radius 3 is 2.71 bits per heavy atom. The molecule has 0 spiro atoms. The molecule has 0 saturated heterocycles. The van der Waals surface area contributed by atoms with Gasteiger partial charge in [0, 0.05) is 7.05 Å². The highest BCUT2D eigenvalue weighted by molar-refractivity contribution is 7.22. The molecular weight excluding hydrogens is 340 g/mol. The van der Waals surface area contributed by atoms with Crippen molar-refractivity contribution in [2.45, 2.75) is 6.92 Å². The molecule has 3 aromatic rings. The minimum atomic E-state index is -0.00975. The number of aromatic nitrogens is 1. The summed E-state index contributed by atoms with van der Waals surface area (Å²) in [6.07, 6.45) is 0. The van der Waals surface area contributed by atoms with Gasteiger partial charge in [0.05, 0.1) is 17.1 Å². The average molecular weight is 358 g/mol.